The van der Waals surface area contributed by atoms with Crippen molar-refractivity contribution in [3.63, 3.8) is 0 Å². The Labute approximate surface area is 88.5 Å². The molecule has 14 heavy (non-hydrogen) atoms. The molecule has 3 heteroatoms. The summed E-state index contributed by atoms with van der Waals surface area (Å²) in [6.07, 6.45) is 2.64. The summed E-state index contributed by atoms with van der Waals surface area (Å²) in [4.78, 5) is 4.93. The molecule has 1 fully saturated rings. The lowest BCUT2D eigenvalue weighted by atomic mass is 10.1. The third-order valence-corrected chi connectivity index (χ3v) is 2.85. The van der Waals surface area contributed by atoms with E-state index < -0.39 is 0 Å². The maximum absolute atomic E-state index is 3.48. The Bertz CT molecular complexity index is 147. The number of hydrogen-bond acceptors (Lipinski definition) is 3. The first-order chi connectivity index (χ1) is 6.74. The molecule has 0 spiro atoms. The van der Waals surface area contributed by atoms with E-state index in [2.05, 4.69) is 36.1 Å². The van der Waals surface area contributed by atoms with Crippen LogP contribution in [0.25, 0.3) is 0 Å². The van der Waals surface area contributed by atoms with Gasteiger partial charge in [-0.2, -0.15) is 0 Å². The second-order valence-electron chi connectivity index (χ2n) is 4.51. The van der Waals surface area contributed by atoms with Gasteiger partial charge >= 0.3 is 0 Å². The standard InChI is InChI=1S/C11H25N3/c1-4-5-7-14-8-6-12-9-11(14)10-13(2)3/h11-12H,4-10H2,1-3H3. The molecule has 1 aliphatic heterocycles. The van der Waals surface area contributed by atoms with Gasteiger partial charge in [-0.1, -0.05) is 13.3 Å². The van der Waals surface area contributed by atoms with Crippen LogP contribution in [0.2, 0.25) is 0 Å². The minimum Gasteiger partial charge on any atom is -0.314 e. The summed E-state index contributed by atoms with van der Waals surface area (Å²) in [6.45, 7) is 8.25. The van der Waals surface area contributed by atoms with Crippen molar-refractivity contribution in [3.8, 4) is 0 Å². The van der Waals surface area contributed by atoms with Gasteiger partial charge in [0.2, 0.25) is 0 Å². The number of nitrogens with one attached hydrogen (secondary N) is 1. The third-order valence-electron chi connectivity index (χ3n) is 2.85. The largest absolute Gasteiger partial charge is 0.314 e. The van der Waals surface area contributed by atoms with Crippen molar-refractivity contribution in [2.24, 2.45) is 0 Å². The molecule has 0 saturated carbocycles. The quantitative estimate of drug-likeness (QED) is 0.700. The molecule has 0 radical (unpaired) electrons. The predicted molar refractivity (Wildman–Crippen MR) is 61.7 cm³/mol. The molecular formula is C11H25N3. The average Bonchev–Trinajstić information content (AvgIpc) is 2.16. The van der Waals surface area contributed by atoms with Crippen LogP contribution >= 0.6 is 0 Å². The Kier molecular flexibility index (Phi) is 5.45. The van der Waals surface area contributed by atoms with E-state index in [1.807, 2.05) is 0 Å². The smallest absolute Gasteiger partial charge is 0.0348 e. The van der Waals surface area contributed by atoms with Crippen molar-refractivity contribution >= 4 is 0 Å². The fourth-order valence-corrected chi connectivity index (χ4v) is 2.06. The molecule has 0 aromatic heterocycles. The maximum Gasteiger partial charge on any atom is 0.0348 e. The van der Waals surface area contributed by atoms with Gasteiger partial charge in [-0.15, -0.1) is 0 Å². The summed E-state index contributed by atoms with van der Waals surface area (Å²) in [7, 11) is 4.32. The van der Waals surface area contributed by atoms with Crippen LogP contribution in [0.3, 0.4) is 0 Å². The van der Waals surface area contributed by atoms with E-state index in [0.29, 0.717) is 6.04 Å². The first kappa shape index (κ1) is 12.0. The number of piperazine rings is 1. The molecule has 84 valence electrons. The van der Waals surface area contributed by atoms with Gasteiger partial charge in [-0.05, 0) is 27.1 Å². The van der Waals surface area contributed by atoms with E-state index in [0.717, 1.165) is 13.1 Å². The fraction of sp³-hybridized carbons (Fsp3) is 1.00. The summed E-state index contributed by atoms with van der Waals surface area (Å²) in [5.41, 5.74) is 0. The van der Waals surface area contributed by atoms with Crippen molar-refractivity contribution in [1.29, 1.82) is 0 Å². The molecule has 1 heterocycles. The van der Waals surface area contributed by atoms with Crippen LogP contribution in [-0.4, -0.2) is 62.7 Å². The lowest BCUT2D eigenvalue weighted by Crippen LogP contribution is -2.55. The molecule has 1 rings (SSSR count). The van der Waals surface area contributed by atoms with Crippen LogP contribution < -0.4 is 5.32 Å². The van der Waals surface area contributed by atoms with Crippen molar-refractivity contribution in [3.05, 3.63) is 0 Å². The first-order valence-electron chi connectivity index (χ1n) is 5.83. The topological polar surface area (TPSA) is 18.5 Å². The van der Waals surface area contributed by atoms with Crippen molar-refractivity contribution in [2.45, 2.75) is 25.8 Å². The highest BCUT2D eigenvalue weighted by Crippen LogP contribution is 2.06. The van der Waals surface area contributed by atoms with Gasteiger partial charge in [0.25, 0.3) is 0 Å². The van der Waals surface area contributed by atoms with E-state index in [1.54, 1.807) is 0 Å². The molecule has 1 N–H and O–H groups in total. The first-order valence-corrected chi connectivity index (χ1v) is 5.83. The van der Waals surface area contributed by atoms with Crippen LogP contribution in [0.1, 0.15) is 19.8 Å². The zero-order chi connectivity index (χ0) is 10.4. The third kappa shape index (κ3) is 3.95. The molecule has 0 aromatic rings. The number of likely N-dealkylation sites (N-methyl/N-ethyl adjacent to an activating group) is 1. The summed E-state index contributed by atoms with van der Waals surface area (Å²) in [5.74, 6) is 0. The lowest BCUT2D eigenvalue weighted by Gasteiger charge is -2.37. The van der Waals surface area contributed by atoms with Gasteiger partial charge in [0, 0.05) is 32.2 Å². The highest BCUT2D eigenvalue weighted by Gasteiger charge is 2.21. The molecule has 1 aliphatic rings. The molecule has 0 bridgehead atoms. The van der Waals surface area contributed by atoms with E-state index in [1.165, 1.54) is 32.5 Å². The Morgan fingerprint density at radius 2 is 2.21 bits per heavy atom. The van der Waals surface area contributed by atoms with E-state index >= 15 is 0 Å². The van der Waals surface area contributed by atoms with Crippen LogP contribution in [0.15, 0.2) is 0 Å². The second kappa shape index (κ2) is 6.38. The van der Waals surface area contributed by atoms with E-state index in [9.17, 15) is 0 Å². The number of nitrogens with zero attached hydrogens (tertiary/aromatic N) is 2. The van der Waals surface area contributed by atoms with Crippen LogP contribution in [0.5, 0.6) is 0 Å². The van der Waals surface area contributed by atoms with E-state index in [4.69, 9.17) is 0 Å². The predicted octanol–water partition coefficient (Wildman–Crippen LogP) is 0.622. The van der Waals surface area contributed by atoms with Crippen molar-refractivity contribution in [2.75, 3.05) is 46.8 Å². The fourth-order valence-electron chi connectivity index (χ4n) is 2.06. The van der Waals surface area contributed by atoms with Crippen LogP contribution in [0, 0.1) is 0 Å². The van der Waals surface area contributed by atoms with Gasteiger partial charge in [0.05, 0.1) is 0 Å². The Balaban J connectivity index is 2.33. The van der Waals surface area contributed by atoms with Crippen molar-refractivity contribution in [1.82, 2.24) is 15.1 Å². The lowest BCUT2D eigenvalue weighted by molar-refractivity contribution is 0.131. The highest BCUT2D eigenvalue weighted by atomic mass is 15.2. The Morgan fingerprint density at radius 3 is 2.86 bits per heavy atom. The van der Waals surface area contributed by atoms with Gasteiger partial charge in [-0.25, -0.2) is 0 Å². The van der Waals surface area contributed by atoms with Gasteiger partial charge in [0.15, 0.2) is 0 Å². The SMILES string of the molecule is CCCCN1CCNCC1CN(C)C. The van der Waals surface area contributed by atoms with Gasteiger partial charge in [0.1, 0.15) is 0 Å². The molecule has 1 saturated heterocycles. The monoisotopic (exact) mass is 199 g/mol. The molecular weight excluding hydrogens is 174 g/mol. The Hall–Kier alpha value is -0.120. The van der Waals surface area contributed by atoms with E-state index in [-0.39, 0.29) is 0 Å². The number of unbranched alkanes of at least 4 members (excludes halogenated alkanes) is 1. The minimum atomic E-state index is 0.713. The highest BCUT2D eigenvalue weighted by molar-refractivity contribution is 4.81. The molecule has 0 amide bonds. The minimum absolute atomic E-state index is 0.713. The normalized spacial score (nSPS) is 24.4. The Morgan fingerprint density at radius 1 is 1.43 bits per heavy atom. The average molecular weight is 199 g/mol. The number of rotatable bonds is 5. The van der Waals surface area contributed by atoms with Crippen LogP contribution in [-0.2, 0) is 0 Å². The molecule has 0 aromatic carbocycles. The summed E-state index contributed by atoms with van der Waals surface area (Å²) in [5, 5.41) is 3.48. The molecule has 1 unspecified atom stereocenters. The van der Waals surface area contributed by atoms with Crippen molar-refractivity contribution < 1.29 is 0 Å². The van der Waals surface area contributed by atoms with Gasteiger partial charge < -0.3 is 10.2 Å². The molecule has 1 atom stereocenters. The van der Waals surface area contributed by atoms with Crippen LogP contribution in [0.4, 0.5) is 0 Å². The molecule has 3 nitrogen and oxygen atoms in total. The molecule has 0 aliphatic carbocycles. The zero-order valence-electron chi connectivity index (χ0n) is 9.92. The summed E-state index contributed by atoms with van der Waals surface area (Å²) < 4.78 is 0. The number of hydrogen-bond donors (Lipinski definition) is 1. The second-order valence-corrected chi connectivity index (χ2v) is 4.51. The van der Waals surface area contributed by atoms with Gasteiger partial charge in [-0.3, -0.25) is 4.90 Å². The summed E-state index contributed by atoms with van der Waals surface area (Å²) >= 11 is 0. The zero-order valence-corrected chi connectivity index (χ0v) is 9.92. The summed E-state index contributed by atoms with van der Waals surface area (Å²) in [6, 6.07) is 0.713. The maximum atomic E-state index is 3.48.